The molecule has 0 fully saturated rings. The van der Waals surface area contributed by atoms with Crippen molar-refractivity contribution in [3.63, 3.8) is 0 Å². The van der Waals surface area contributed by atoms with Gasteiger partial charge in [0.2, 0.25) is 6.33 Å². The Hall–Kier alpha value is -8.34. The third-order valence-corrected chi connectivity index (χ3v) is 13.9. The van der Waals surface area contributed by atoms with Crippen LogP contribution in [0.4, 0.5) is 34.1 Å². The fourth-order valence-electron chi connectivity index (χ4n) is 9.98. The van der Waals surface area contributed by atoms with Crippen LogP contribution in [0.25, 0.3) is 34.1 Å². The summed E-state index contributed by atoms with van der Waals surface area (Å²) in [6.07, 6.45) is 21.1. The summed E-state index contributed by atoms with van der Waals surface area (Å²) in [4.78, 5) is 4.65. The molecule has 10 rings (SSSR count). The van der Waals surface area contributed by atoms with Crippen LogP contribution < -0.4 is 14.4 Å². The van der Waals surface area contributed by atoms with E-state index in [9.17, 15) is 10.2 Å². The van der Waals surface area contributed by atoms with E-state index < -0.39 is 0 Å². The van der Waals surface area contributed by atoms with E-state index in [-0.39, 0.29) is 19.1 Å². The predicted octanol–water partition coefficient (Wildman–Crippen LogP) is 13.2. The van der Waals surface area contributed by atoms with Crippen LogP contribution in [0.15, 0.2) is 215 Å². The zero-order valence-corrected chi connectivity index (χ0v) is 42.0. The number of hydrogen-bond acceptors (Lipinski definition) is 5. The summed E-state index contributed by atoms with van der Waals surface area (Å²) in [6, 6.07) is 57.0. The summed E-state index contributed by atoms with van der Waals surface area (Å²) >= 11 is 0. The monoisotopic (exact) mass is 977 g/mol. The van der Waals surface area contributed by atoms with Gasteiger partial charge in [0, 0.05) is 75.7 Å². The summed E-state index contributed by atoms with van der Waals surface area (Å²) in [7, 11) is 0. The second-order valence-electron chi connectivity index (χ2n) is 18.9. The Balaban J connectivity index is 1.05. The van der Waals surface area contributed by atoms with Crippen molar-refractivity contribution >= 4 is 74.4 Å². The Kier molecular flexibility index (Phi) is 15.3. The normalized spacial score (nSPS) is 13.1. The van der Waals surface area contributed by atoms with E-state index in [1.54, 1.807) is 12.4 Å². The average molecular weight is 977 g/mol. The molecule has 9 heteroatoms. The molecule has 2 aromatic heterocycles. The van der Waals surface area contributed by atoms with Gasteiger partial charge in [0.25, 0.3) is 0 Å². The lowest BCUT2D eigenvalue weighted by atomic mass is 10.1. The zero-order chi connectivity index (χ0) is 50.8. The van der Waals surface area contributed by atoms with Crippen LogP contribution in [-0.4, -0.2) is 50.0 Å². The van der Waals surface area contributed by atoms with Crippen LogP contribution >= 0.6 is 0 Å². The van der Waals surface area contributed by atoms with Gasteiger partial charge in [-0.1, -0.05) is 92.0 Å². The molecule has 1 atom stereocenters. The molecule has 370 valence electrons. The second kappa shape index (κ2) is 23.0. The summed E-state index contributed by atoms with van der Waals surface area (Å²) in [5, 5.41) is 21.8. The molecule has 0 spiro atoms. The first-order valence-corrected chi connectivity index (χ1v) is 25.6. The van der Waals surface area contributed by atoms with Crippen LogP contribution in [-0.2, 0) is 43.7 Å². The van der Waals surface area contributed by atoms with Gasteiger partial charge >= 0.3 is 0 Å². The molecule has 0 saturated carbocycles. The second-order valence-corrected chi connectivity index (χ2v) is 18.9. The van der Waals surface area contributed by atoms with Crippen molar-refractivity contribution in [3.05, 3.63) is 248 Å². The highest BCUT2D eigenvalue weighted by Crippen LogP contribution is 2.42. The van der Waals surface area contributed by atoms with Gasteiger partial charge in [-0.25, -0.2) is 9.13 Å². The van der Waals surface area contributed by atoms with Crippen LogP contribution in [0.5, 0.6) is 0 Å². The van der Waals surface area contributed by atoms with Crippen molar-refractivity contribution in [1.82, 2.24) is 9.13 Å². The van der Waals surface area contributed by atoms with Crippen LogP contribution in [0.2, 0.25) is 0 Å². The van der Waals surface area contributed by atoms with Crippen LogP contribution in [0.3, 0.4) is 0 Å². The summed E-state index contributed by atoms with van der Waals surface area (Å²) in [5.74, 6) is 0.215. The highest BCUT2D eigenvalue weighted by atomic mass is 16.5. The summed E-state index contributed by atoms with van der Waals surface area (Å²) in [6.45, 7) is 14.6. The van der Waals surface area contributed by atoms with Gasteiger partial charge in [0.15, 0.2) is 18.6 Å². The number of nitrogens with zero attached hydrogens (tertiary/aromatic N) is 6. The predicted molar refractivity (Wildman–Crippen MR) is 304 cm³/mol. The largest absolute Gasteiger partial charge is 0.396 e. The van der Waals surface area contributed by atoms with E-state index in [0.29, 0.717) is 32.6 Å². The van der Waals surface area contributed by atoms with Gasteiger partial charge in [-0.15, -0.1) is 0 Å². The average Bonchev–Trinajstić information content (AvgIpc) is 4.19. The standard InChI is InChI=1S/C65H64N6O3/c1-4-49-9-11-53(12-10-49)45-69-64-31-29-60(70(57-23-15-51(16-24-57)34-40-72)56-21-13-50(14-22-56)8-7-36-68-39-38-67(6-3)48-68)42-62(64)63-43-61(30-32-65(63)69)71(58-25-17-52(18-26-58)35-41-73)59-27-19-54(20-28-59)46-74-47-55-33-37-66(5-2)44-55/h4-6,9-33,37-39,42-44,48,55,72-73H,1-3,7-8,34-36,40-41,45-47H2/q+2. The van der Waals surface area contributed by atoms with E-state index in [4.69, 9.17) is 4.74 Å². The first-order valence-electron chi connectivity index (χ1n) is 25.6. The number of anilines is 6. The molecule has 7 aromatic carbocycles. The molecule has 0 amide bonds. The maximum absolute atomic E-state index is 9.78. The molecule has 9 aromatic rings. The lowest BCUT2D eigenvalue weighted by Gasteiger charge is -2.26. The SMILES string of the molecule is C=Cc1ccc(Cn2c3ccc(N(c4ccc(CCO)cc4)c4ccc(CCCn5cc[n+](C=C)c5)cc4)cc3c3cc(N(c4ccc(CCO)cc4)c4ccc(COCC5C=C[N+](C=C)=C5)cc4)ccc32)cc1. The number of benzene rings is 7. The van der Waals surface area contributed by atoms with Crippen LogP contribution in [0, 0.1) is 5.92 Å². The number of aliphatic hydroxyl groups is 2. The molecule has 0 saturated heterocycles. The van der Waals surface area contributed by atoms with E-state index in [0.717, 1.165) is 97.6 Å². The fraction of sp³-hybridized carbons (Fsp3) is 0.169. The van der Waals surface area contributed by atoms with Gasteiger partial charge in [-0.3, -0.25) is 0 Å². The van der Waals surface area contributed by atoms with Crippen molar-refractivity contribution < 1.29 is 24.1 Å². The third-order valence-electron chi connectivity index (χ3n) is 13.9. The Labute approximate surface area is 434 Å². The number of fused-ring (bicyclic) bond motifs is 3. The van der Waals surface area contributed by atoms with Crippen molar-refractivity contribution in [2.24, 2.45) is 5.92 Å². The Morgan fingerprint density at radius 2 is 1.07 bits per heavy atom. The number of hydrogen-bond donors (Lipinski definition) is 2. The molecule has 1 aliphatic heterocycles. The maximum Gasteiger partial charge on any atom is 0.248 e. The molecular formula is C65H64N6O3+2. The Bertz CT molecular complexity index is 3440. The van der Waals surface area contributed by atoms with E-state index in [2.05, 4.69) is 221 Å². The minimum absolute atomic E-state index is 0.0965. The molecule has 9 nitrogen and oxygen atoms in total. The smallest absolute Gasteiger partial charge is 0.248 e. The molecule has 0 radical (unpaired) electrons. The molecule has 0 aliphatic carbocycles. The number of aryl methyl sites for hydroxylation is 2. The van der Waals surface area contributed by atoms with E-state index in [1.165, 1.54) is 11.1 Å². The van der Waals surface area contributed by atoms with E-state index >= 15 is 0 Å². The van der Waals surface area contributed by atoms with Gasteiger partial charge in [-0.05, 0) is 157 Å². The number of ether oxygens (including phenoxy) is 1. The summed E-state index contributed by atoms with van der Waals surface area (Å²) in [5.41, 5.74) is 15.3. The van der Waals surface area contributed by atoms with Crippen LogP contribution in [0.1, 0.15) is 39.8 Å². The molecular weight excluding hydrogens is 913 g/mol. The van der Waals surface area contributed by atoms with Crippen molar-refractivity contribution in [3.8, 4) is 0 Å². The molecule has 3 heterocycles. The molecule has 2 N–H and O–H groups in total. The summed E-state index contributed by atoms with van der Waals surface area (Å²) < 4.78 is 14.7. The Morgan fingerprint density at radius 3 is 1.54 bits per heavy atom. The van der Waals surface area contributed by atoms with Gasteiger partial charge < -0.3 is 29.3 Å². The molecule has 1 unspecified atom stereocenters. The highest BCUT2D eigenvalue weighted by molar-refractivity contribution is 6.11. The van der Waals surface area contributed by atoms with Gasteiger partial charge in [-0.2, -0.15) is 4.58 Å². The van der Waals surface area contributed by atoms with Crippen molar-refractivity contribution in [1.29, 1.82) is 0 Å². The molecule has 74 heavy (non-hydrogen) atoms. The van der Waals surface area contributed by atoms with Crippen molar-refractivity contribution in [2.75, 3.05) is 29.6 Å². The number of aliphatic hydroxyl groups excluding tert-OH is 2. The quantitative estimate of drug-likeness (QED) is 0.0625. The van der Waals surface area contributed by atoms with Gasteiger partial charge in [0.1, 0.15) is 12.4 Å². The number of rotatable bonds is 23. The maximum atomic E-state index is 9.78. The third kappa shape index (κ3) is 11.2. The number of imidazole rings is 1. The lowest BCUT2D eigenvalue weighted by Crippen LogP contribution is -2.21. The topological polar surface area (TPSA) is 72.9 Å². The first-order chi connectivity index (χ1) is 36.4. The van der Waals surface area contributed by atoms with E-state index in [1.807, 2.05) is 27.6 Å². The minimum atomic E-state index is 0.0965. The minimum Gasteiger partial charge on any atom is -0.396 e. The first kappa shape index (κ1) is 49.2. The van der Waals surface area contributed by atoms with Gasteiger partial charge in [0.05, 0.1) is 31.9 Å². The number of aromatic nitrogens is 3. The lowest BCUT2D eigenvalue weighted by molar-refractivity contribution is -0.567. The molecule has 0 bridgehead atoms. The highest BCUT2D eigenvalue weighted by Gasteiger charge is 2.21. The molecule has 1 aliphatic rings. The Morgan fingerprint density at radius 1 is 0.568 bits per heavy atom. The fourth-order valence-corrected chi connectivity index (χ4v) is 9.98. The zero-order valence-electron chi connectivity index (χ0n) is 42.0. The van der Waals surface area contributed by atoms with Crippen molar-refractivity contribution in [2.45, 2.75) is 45.4 Å².